The van der Waals surface area contributed by atoms with Gasteiger partial charge in [-0.05, 0) is 54.1 Å². The average Bonchev–Trinajstić information content (AvgIpc) is 2.73. The Labute approximate surface area is 171 Å². The Morgan fingerprint density at radius 3 is 2.82 bits per heavy atom. The van der Waals surface area contributed by atoms with Crippen molar-refractivity contribution < 1.29 is 9.59 Å². The molecule has 140 valence electrons. The molecule has 4 rings (SSSR count). The van der Waals surface area contributed by atoms with Gasteiger partial charge >= 0.3 is 0 Å². The highest BCUT2D eigenvalue weighted by atomic mass is 32.2. The molecule has 2 aromatic carbocycles. The van der Waals surface area contributed by atoms with Crippen LogP contribution in [0, 0.1) is 0 Å². The molecule has 0 unspecified atom stereocenters. The summed E-state index contributed by atoms with van der Waals surface area (Å²) >= 11 is 3.19. The number of carbonyl (C=O) groups excluding carboxylic acids is 2. The number of benzene rings is 2. The summed E-state index contributed by atoms with van der Waals surface area (Å²) < 4.78 is 0. The molecule has 0 spiro atoms. The minimum atomic E-state index is -0.205. The van der Waals surface area contributed by atoms with E-state index in [4.69, 9.17) is 0 Å². The van der Waals surface area contributed by atoms with E-state index in [1.54, 1.807) is 30.1 Å². The van der Waals surface area contributed by atoms with Crippen LogP contribution in [0.1, 0.15) is 15.9 Å². The number of thioether (sulfide) groups is 2. The predicted octanol–water partition coefficient (Wildman–Crippen LogP) is 4.67. The second kappa shape index (κ2) is 8.50. The number of hydrogen-bond acceptors (Lipinski definition) is 5. The average molecular weight is 408 g/mol. The first-order valence-corrected chi connectivity index (χ1v) is 10.6. The van der Waals surface area contributed by atoms with Crippen LogP contribution >= 0.6 is 23.5 Å². The van der Waals surface area contributed by atoms with Gasteiger partial charge in [-0.15, -0.1) is 23.5 Å². The van der Waals surface area contributed by atoms with Gasteiger partial charge in [0.1, 0.15) is 0 Å². The zero-order valence-electron chi connectivity index (χ0n) is 14.8. The Hall–Kier alpha value is -2.77. The summed E-state index contributed by atoms with van der Waals surface area (Å²) in [6, 6.07) is 17.1. The Morgan fingerprint density at radius 2 is 2.04 bits per heavy atom. The minimum absolute atomic E-state index is 0.0468. The van der Waals surface area contributed by atoms with Crippen LogP contribution in [0.5, 0.6) is 0 Å². The van der Waals surface area contributed by atoms with Gasteiger partial charge in [0.25, 0.3) is 5.91 Å². The molecule has 2 amide bonds. The van der Waals surface area contributed by atoms with Crippen molar-refractivity contribution in [3.05, 3.63) is 78.1 Å². The normalized spacial score (nSPS) is 12.8. The number of carbonyl (C=O) groups is 2. The van der Waals surface area contributed by atoms with Gasteiger partial charge in [0.2, 0.25) is 5.91 Å². The van der Waals surface area contributed by atoms with Crippen LogP contribution in [0.15, 0.2) is 76.8 Å². The standard InChI is InChI=1S/C21H17N3O2S2/c25-20-13-28-19-8-3-15(10-18(19)24-20)21(26)23-16-4-6-17(7-5-16)27-12-14-2-1-9-22-11-14/h1-11H,12-13H2,(H,23,26)(H,24,25). The van der Waals surface area contributed by atoms with E-state index in [2.05, 4.69) is 15.6 Å². The predicted molar refractivity (Wildman–Crippen MR) is 114 cm³/mol. The largest absolute Gasteiger partial charge is 0.324 e. The first-order valence-electron chi connectivity index (χ1n) is 8.67. The Balaban J connectivity index is 1.38. The fourth-order valence-corrected chi connectivity index (χ4v) is 4.33. The summed E-state index contributed by atoms with van der Waals surface area (Å²) in [5, 5.41) is 5.71. The van der Waals surface area contributed by atoms with Crippen molar-refractivity contribution in [2.24, 2.45) is 0 Å². The molecule has 1 aliphatic rings. The summed E-state index contributed by atoms with van der Waals surface area (Å²) in [7, 11) is 0. The summed E-state index contributed by atoms with van der Waals surface area (Å²) in [5.41, 5.74) is 3.10. The van der Waals surface area contributed by atoms with Crippen molar-refractivity contribution in [1.29, 1.82) is 0 Å². The molecule has 7 heteroatoms. The molecule has 1 aliphatic heterocycles. The third kappa shape index (κ3) is 4.55. The summed E-state index contributed by atoms with van der Waals surface area (Å²) in [6.07, 6.45) is 3.63. The third-order valence-corrected chi connectivity index (χ3v) is 6.27. The maximum absolute atomic E-state index is 12.5. The fourth-order valence-electron chi connectivity index (χ4n) is 2.71. The molecule has 0 bridgehead atoms. The number of pyridine rings is 1. The molecule has 28 heavy (non-hydrogen) atoms. The molecule has 0 aliphatic carbocycles. The molecule has 0 saturated carbocycles. The molecule has 5 nitrogen and oxygen atoms in total. The number of aromatic nitrogens is 1. The highest BCUT2D eigenvalue weighted by Crippen LogP contribution is 2.32. The highest BCUT2D eigenvalue weighted by Gasteiger charge is 2.17. The second-order valence-corrected chi connectivity index (χ2v) is 8.24. The van der Waals surface area contributed by atoms with Gasteiger partial charge in [0.05, 0.1) is 11.4 Å². The van der Waals surface area contributed by atoms with Gasteiger partial charge in [-0.1, -0.05) is 6.07 Å². The van der Waals surface area contributed by atoms with Crippen molar-refractivity contribution in [1.82, 2.24) is 4.98 Å². The van der Waals surface area contributed by atoms with Gasteiger partial charge in [-0.3, -0.25) is 14.6 Å². The van der Waals surface area contributed by atoms with Crippen LogP contribution in [-0.2, 0) is 10.5 Å². The zero-order chi connectivity index (χ0) is 19.3. The SMILES string of the molecule is O=C1CSc2ccc(C(=O)Nc3ccc(SCc4cccnc4)cc3)cc2N1. The van der Waals surface area contributed by atoms with Crippen LogP contribution in [0.2, 0.25) is 0 Å². The van der Waals surface area contributed by atoms with E-state index in [1.807, 2.05) is 48.7 Å². The van der Waals surface area contributed by atoms with E-state index in [0.29, 0.717) is 17.0 Å². The van der Waals surface area contributed by atoms with Gasteiger partial charge in [-0.25, -0.2) is 0 Å². The monoisotopic (exact) mass is 407 g/mol. The molecule has 0 saturated heterocycles. The van der Waals surface area contributed by atoms with Gasteiger partial charge in [0, 0.05) is 39.2 Å². The van der Waals surface area contributed by atoms with Gasteiger partial charge < -0.3 is 10.6 Å². The van der Waals surface area contributed by atoms with Crippen LogP contribution in [-0.4, -0.2) is 22.6 Å². The number of nitrogens with zero attached hydrogens (tertiary/aromatic N) is 1. The summed E-state index contributed by atoms with van der Waals surface area (Å²) in [6.45, 7) is 0. The van der Waals surface area contributed by atoms with Crippen molar-refractivity contribution in [2.75, 3.05) is 16.4 Å². The molecule has 0 atom stereocenters. The number of rotatable bonds is 5. The number of amides is 2. The first-order chi connectivity index (χ1) is 13.7. The Bertz CT molecular complexity index is 1010. The van der Waals surface area contributed by atoms with Gasteiger partial charge in [0.15, 0.2) is 0 Å². The van der Waals surface area contributed by atoms with E-state index in [-0.39, 0.29) is 11.8 Å². The van der Waals surface area contributed by atoms with E-state index < -0.39 is 0 Å². The lowest BCUT2D eigenvalue weighted by Crippen LogP contribution is -2.19. The lowest BCUT2D eigenvalue weighted by Gasteiger charge is -2.17. The highest BCUT2D eigenvalue weighted by molar-refractivity contribution is 8.00. The third-order valence-electron chi connectivity index (χ3n) is 4.12. The van der Waals surface area contributed by atoms with Crippen molar-refractivity contribution in [2.45, 2.75) is 15.5 Å². The number of anilines is 2. The van der Waals surface area contributed by atoms with Crippen LogP contribution in [0.25, 0.3) is 0 Å². The van der Waals surface area contributed by atoms with E-state index in [1.165, 1.54) is 17.3 Å². The van der Waals surface area contributed by atoms with Crippen LogP contribution in [0.3, 0.4) is 0 Å². The fraction of sp³-hybridized carbons (Fsp3) is 0.0952. The van der Waals surface area contributed by atoms with E-state index in [0.717, 1.165) is 21.2 Å². The van der Waals surface area contributed by atoms with Crippen molar-refractivity contribution in [3.63, 3.8) is 0 Å². The van der Waals surface area contributed by atoms with Crippen LogP contribution < -0.4 is 10.6 Å². The minimum Gasteiger partial charge on any atom is -0.324 e. The van der Waals surface area contributed by atoms with Gasteiger partial charge in [-0.2, -0.15) is 0 Å². The molecule has 2 N–H and O–H groups in total. The van der Waals surface area contributed by atoms with Crippen molar-refractivity contribution in [3.8, 4) is 0 Å². The molecule has 0 fully saturated rings. The van der Waals surface area contributed by atoms with Crippen molar-refractivity contribution >= 4 is 46.7 Å². The molecule has 0 radical (unpaired) electrons. The van der Waals surface area contributed by atoms with E-state index >= 15 is 0 Å². The number of fused-ring (bicyclic) bond motifs is 1. The Morgan fingerprint density at radius 1 is 1.18 bits per heavy atom. The molecule has 2 heterocycles. The van der Waals surface area contributed by atoms with E-state index in [9.17, 15) is 9.59 Å². The smallest absolute Gasteiger partial charge is 0.255 e. The zero-order valence-corrected chi connectivity index (χ0v) is 16.5. The summed E-state index contributed by atoms with van der Waals surface area (Å²) in [4.78, 5) is 30.3. The lowest BCUT2D eigenvalue weighted by atomic mass is 10.1. The molecule has 1 aromatic heterocycles. The first kappa shape index (κ1) is 18.6. The molecular formula is C21H17N3O2S2. The molecular weight excluding hydrogens is 390 g/mol. The lowest BCUT2D eigenvalue weighted by molar-refractivity contribution is -0.113. The summed E-state index contributed by atoms with van der Waals surface area (Å²) in [5.74, 6) is 1.00. The number of nitrogens with one attached hydrogen (secondary N) is 2. The van der Waals surface area contributed by atoms with Crippen LogP contribution in [0.4, 0.5) is 11.4 Å². The maximum Gasteiger partial charge on any atom is 0.255 e. The maximum atomic E-state index is 12.5. The number of hydrogen-bond donors (Lipinski definition) is 2. The second-order valence-electron chi connectivity index (χ2n) is 6.18. The Kier molecular flexibility index (Phi) is 5.64. The quantitative estimate of drug-likeness (QED) is 0.602. The topological polar surface area (TPSA) is 71.1 Å². The molecule has 3 aromatic rings.